The maximum atomic E-state index is 11.7. The van der Waals surface area contributed by atoms with Gasteiger partial charge in [-0.3, -0.25) is 4.79 Å². The molecule has 0 spiro atoms. The predicted molar refractivity (Wildman–Crippen MR) is 47.6 cm³/mol. The predicted octanol–water partition coefficient (Wildman–Crippen LogP) is -1.74. The lowest BCUT2D eigenvalue weighted by atomic mass is 10.3. The van der Waals surface area contributed by atoms with E-state index in [1.54, 1.807) is 11.9 Å². The van der Waals surface area contributed by atoms with Crippen LogP contribution in [0.3, 0.4) is 0 Å². The summed E-state index contributed by atoms with van der Waals surface area (Å²) >= 11 is 0. The first-order valence-electron chi connectivity index (χ1n) is 4.51. The summed E-state index contributed by atoms with van der Waals surface area (Å²) in [5.74, 6) is 0.0361. The number of aryl methyl sites for hydroxylation is 1. The van der Waals surface area contributed by atoms with Crippen LogP contribution < -0.4 is 5.32 Å². The molecule has 2 rings (SSSR count). The SMILES string of the molecule is Cn1nnc(C(=O)N2CCNCC2)n1. The molecule has 0 bridgehead atoms. The van der Waals surface area contributed by atoms with Gasteiger partial charge in [-0.25, -0.2) is 0 Å². The number of aromatic nitrogens is 4. The van der Waals surface area contributed by atoms with Crippen LogP contribution in [0.4, 0.5) is 0 Å². The van der Waals surface area contributed by atoms with E-state index >= 15 is 0 Å². The van der Waals surface area contributed by atoms with E-state index in [-0.39, 0.29) is 11.7 Å². The van der Waals surface area contributed by atoms with Crippen LogP contribution in [0.25, 0.3) is 0 Å². The molecule has 7 nitrogen and oxygen atoms in total. The van der Waals surface area contributed by atoms with Crippen molar-refractivity contribution >= 4 is 5.91 Å². The molecule has 1 N–H and O–H groups in total. The molecular formula is C7H12N6O. The number of hydrogen-bond donors (Lipinski definition) is 1. The van der Waals surface area contributed by atoms with Crippen LogP contribution in [0.1, 0.15) is 10.6 Å². The zero-order valence-electron chi connectivity index (χ0n) is 7.97. The van der Waals surface area contributed by atoms with Crippen LogP contribution in [0.2, 0.25) is 0 Å². The molecule has 0 unspecified atom stereocenters. The minimum Gasteiger partial charge on any atom is -0.333 e. The number of hydrogen-bond acceptors (Lipinski definition) is 5. The van der Waals surface area contributed by atoms with Gasteiger partial charge in [-0.05, 0) is 5.21 Å². The Morgan fingerprint density at radius 2 is 2.14 bits per heavy atom. The minimum absolute atomic E-state index is 0.139. The monoisotopic (exact) mass is 196 g/mol. The third kappa shape index (κ3) is 1.72. The number of carbonyl (C=O) groups is 1. The Morgan fingerprint density at radius 1 is 1.43 bits per heavy atom. The quantitative estimate of drug-likeness (QED) is 0.576. The molecule has 7 heteroatoms. The van der Waals surface area contributed by atoms with Crippen molar-refractivity contribution in [2.45, 2.75) is 0 Å². The Bertz CT molecular complexity index is 329. The third-order valence-corrected chi connectivity index (χ3v) is 2.10. The molecule has 1 fully saturated rings. The zero-order chi connectivity index (χ0) is 9.97. The highest BCUT2D eigenvalue weighted by molar-refractivity contribution is 5.90. The van der Waals surface area contributed by atoms with Crippen LogP contribution in [0, 0.1) is 0 Å². The summed E-state index contributed by atoms with van der Waals surface area (Å²) < 4.78 is 0. The fourth-order valence-electron chi connectivity index (χ4n) is 1.38. The molecular weight excluding hydrogens is 184 g/mol. The smallest absolute Gasteiger partial charge is 0.295 e. The van der Waals surface area contributed by atoms with Gasteiger partial charge < -0.3 is 10.2 Å². The summed E-state index contributed by atoms with van der Waals surface area (Å²) in [6.07, 6.45) is 0. The van der Waals surface area contributed by atoms with Crippen LogP contribution in [-0.4, -0.2) is 57.2 Å². The number of amides is 1. The molecule has 14 heavy (non-hydrogen) atoms. The topological polar surface area (TPSA) is 75.9 Å². The van der Waals surface area contributed by atoms with Crippen molar-refractivity contribution in [3.05, 3.63) is 5.82 Å². The molecule has 76 valence electrons. The van der Waals surface area contributed by atoms with E-state index in [1.165, 1.54) is 4.80 Å². The molecule has 1 aliphatic heterocycles. The van der Waals surface area contributed by atoms with Crippen molar-refractivity contribution in [3.8, 4) is 0 Å². The van der Waals surface area contributed by atoms with Crippen molar-refractivity contribution < 1.29 is 4.79 Å². The largest absolute Gasteiger partial charge is 0.333 e. The van der Waals surface area contributed by atoms with E-state index in [0.717, 1.165) is 13.1 Å². The van der Waals surface area contributed by atoms with E-state index in [0.29, 0.717) is 13.1 Å². The summed E-state index contributed by atoms with van der Waals surface area (Å²) in [4.78, 5) is 14.7. The molecule has 0 radical (unpaired) electrons. The van der Waals surface area contributed by atoms with Gasteiger partial charge in [-0.2, -0.15) is 4.80 Å². The number of piperazine rings is 1. The molecule has 1 aromatic heterocycles. The van der Waals surface area contributed by atoms with E-state index in [2.05, 4.69) is 20.7 Å². The molecule has 1 saturated heterocycles. The summed E-state index contributed by atoms with van der Waals surface area (Å²) in [5.41, 5.74) is 0. The van der Waals surface area contributed by atoms with E-state index < -0.39 is 0 Å². The van der Waals surface area contributed by atoms with Crippen LogP contribution in [0.5, 0.6) is 0 Å². The second-order valence-corrected chi connectivity index (χ2v) is 3.14. The van der Waals surface area contributed by atoms with Crippen molar-refractivity contribution in [3.63, 3.8) is 0 Å². The standard InChI is InChI=1S/C7H12N6O/c1-12-10-6(9-11-12)7(14)13-4-2-8-3-5-13/h8H,2-5H2,1H3. The van der Waals surface area contributed by atoms with Crippen molar-refractivity contribution in [1.29, 1.82) is 0 Å². The van der Waals surface area contributed by atoms with E-state index in [9.17, 15) is 4.79 Å². The molecule has 0 atom stereocenters. The number of rotatable bonds is 1. The van der Waals surface area contributed by atoms with E-state index in [4.69, 9.17) is 0 Å². The normalized spacial score (nSPS) is 17.1. The number of nitrogens with zero attached hydrogens (tertiary/aromatic N) is 5. The lowest BCUT2D eigenvalue weighted by Crippen LogP contribution is -2.46. The minimum atomic E-state index is -0.139. The van der Waals surface area contributed by atoms with Gasteiger partial charge in [0.05, 0.1) is 7.05 Å². The Hall–Kier alpha value is -1.50. The number of nitrogens with one attached hydrogen (secondary N) is 1. The summed E-state index contributed by atoms with van der Waals surface area (Å²) in [6.45, 7) is 3.06. The Balaban J connectivity index is 2.07. The number of tetrazole rings is 1. The highest BCUT2D eigenvalue weighted by Crippen LogP contribution is 1.98. The molecule has 0 aliphatic carbocycles. The average molecular weight is 196 g/mol. The zero-order valence-corrected chi connectivity index (χ0v) is 7.97. The van der Waals surface area contributed by atoms with Crippen molar-refractivity contribution in [1.82, 2.24) is 30.4 Å². The van der Waals surface area contributed by atoms with Gasteiger partial charge in [-0.1, -0.05) is 0 Å². The van der Waals surface area contributed by atoms with Gasteiger partial charge >= 0.3 is 0 Å². The Morgan fingerprint density at radius 3 is 2.71 bits per heavy atom. The highest BCUT2D eigenvalue weighted by Gasteiger charge is 2.21. The van der Waals surface area contributed by atoms with Gasteiger partial charge in [0.2, 0.25) is 0 Å². The maximum absolute atomic E-state index is 11.7. The Kier molecular flexibility index (Phi) is 2.40. The third-order valence-electron chi connectivity index (χ3n) is 2.10. The molecule has 0 saturated carbocycles. The van der Waals surface area contributed by atoms with Crippen LogP contribution >= 0.6 is 0 Å². The van der Waals surface area contributed by atoms with Crippen molar-refractivity contribution in [2.24, 2.45) is 7.05 Å². The average Bonchev–Trinajstić information content (AvgIpc) is 2.65. The first-order chi connectivity index (χ1) is 6.77. The fraction of sp³-hybridized carbons (Fsp3) is 0.714. The molecule has 0 aromatic carbocycles. The van der Waals surface area contributed by atoms with Crippen LogP contribution in [-0.2, 0) is 7.05 Å². The second kappa shape index (κ2) is 3.70. The second-order valence-electron chi connectivity index (χ2n) is 3.14. The summed E-state index contributed by atoms with van der Waals surface area (Å²) in [7, 11) is 1.64. The summed E-state index contributed by atoms with van der Waals surface area (Å²) in [6, 6.07) is 0. The van der Waals surface area contributed by atoms with Gasteiger partial charge in [-0.15, -0.1) is 10.2 Å². The lowest BCUT2D eigenvalue weighted by molar-refractivity contribution is 0.0723. The fourth-order valence-corrected chi connectivity index (χ4v) is 1.38. The van der Waals surface area contributed by atoms with Gasteiger partial charge in [0.25, 0.3) is 11.7 Å². The van der Waals surface area contributed by atoms with Gasteiger partial charge in [0.15, 0.2) is 0 Å². The van der Waals surface area contributed by atoms with Gasteiger partial charge in [0.1, 0.15) is 0 Å². The van der Waals surface area contributed by atoms with E-state index in [1.807, 2.05) is 0 Å². The first kappa shape index (κ1) is 9.07. The summed E-state index contributed by atoms with van der Waals surface area (Å²) in [5, 5.41) is 14.3. The maximum Gasteiger partial charge on any atom is 0.295 e. The highest BCUT2D eigenvalue weighted by atomic mass is 16.2. The van der Waals surface area contributed by atoms with Crippen molar-refractivity contribution in [2.75, 3.05) is 26.2 Å². The molecule has 1 aliphatic rings. The molecule has 1 amide bonds. The molecule has 2 heterocycles. The Labute approximate surface area is 81.1 Å². The number of carbonyl (C=O) groups excluding carboxylic acids is 1. The first-order valence-corrected chi connectivity index (χ1v) is 4.51. The van der Waals surface area contributed by atoms with Crippen LogP contribution in [0.15, 0.2) is 0 Å². The lowest BCUT2D eigenvalue weighted by Gasteiger charge is -2.25. The molecule has 1 aromatic rings. The van der Waals surface area contributed by atoms with Gasteiger partial charge in [0, 0.05) is 26.2 Å².